The Morgan fingerprint density at radius 2 is 2.00 bits per heavy atom. The number of hydrogen-bond donors (Lipinski definition) is 1. The third-order valence-electron chi connectivity index (χ3n) is 6.03. The maximum absolute atomic E-state index is 12.9. The van der Waals surface area contributed by atoms with E-state index in [0.29, 0.717) is 6.54 Å². The second-order valence-corrected chi connectivity index (χ2v) is 9.75. The first-order chi connectivity index (χ1) is 14.0. The summed E-state index contributed by atoms with van der Waals surface area (Å²) in [6, 6.07) is 4.39. The minimum atomic E-state index is 0.209. The molecule has 0 spiro atoms. The Morgan fingerprint density at radius 3 is 2.72 bits per heavy atom. The van der Waals surface area contributed by atoms with Crippen LogP contribution in [-0.4, -0.2) is 51.9 Å². The number of piperidine rings is 1. The Kier molecular flexibility index (Phi) is 6.15. The molecule has 0 saturated carbocycles. The Morgan fingerprint density at radius 1 is 1.21 bits per heavy atom. The zero-order valence-corrected chi connectivity index (χ0v) is 18.5. The summed E-state index contributed by atoms with van der Waals surface area (Å²) in [6.07, 6.45) is 6.29. The van der Waals surface area contributed by atoms with Gasteiger partial charge in [-0.15, -0.1) is 11.3 Å². The van der Waals surface area contributed by atoms with E-state index < -0.39 is 0 Å². The molecule has 2 fully saturated rings. The molecule has 1 atom stereocenters. The number of carbonyl (C=O) groups is 1. The van der Waals surface area contributed by atoms with Crippen LogP contribution in [0.2, 0.25) is 0 Å². The third-order valence-corrected chi connectivity index (χ3v) is 6.85. The molecule has 4 heterocycles. The number of nitrogens with zero attached hydrogens (tertiary/aromatic N) is 4. The molecule has 2 aromatic heterocycles. The molecule has 7 heteroatoms. The van der Waals surface area contributed by atoms with Gasteiger partial charge in [0.2, 0.25) is 5.91 Å². The van der Waals surface area contributed by atoms with Gasteiger partial charge in [0.05, 0.1) is 18.3 Å². The van der Waals surface area contributed by atoms with Gasteiger partial charge >= 0.3 is 0 Å². The average Bonchev–Trinajstić information content (AvgIpc) is 3.30. The van der Waals surface area contributed by atoms with Crippen LogP contribution in [-0.2, 0) is 4.79 Å². The summed E-state index contributed by atoms with van der Waals surface area (Å²) in [5, 5.41) is 4.31. The zero-order valence-electron chi connectivity index (χ0n) is 17.6. The van der Waals surface area contributed by atoms with Gasteiger partial charge in [0.25, 0.3) is 0 Å². The van der Waals surface area contributed by atoms with Crippen LogP contribution < -0.4 is 5.32 Å². The highest BCUT2D eigenvalue weighted by atomic mass is 32.1. The molecule has 2 aliphatic heterocycles. The smallest absolute Gasteiger partial charge is 0.236 e. The molecule has 1 amide bonds. The van der Waals surface area contributed by atoms with Crippen molar-refractivity contribution in [1.29, 1.82) is 0 Å². The lowest BCUT2D eigenvalue weighted by Gasteiger charge is -2.33. The van der Waals surface area contributed by atoms with Crippen LogP contribution in [0.4, 0.5) is 10.8 Å². The fraction of sp³-hybridized carbons (Fsp3) is 0.591. The van der Waals surface area contributed by atoms with E-state index in [1.54, 1.807) is 11.3 Å². The monoisotopic (exact) mass is 413 g/mol. The van der Waals surface area contributed by atoms with E-state index >= 15 is 0 Å². The first-order valence-electron chi connectivity index (χ1n) is 10.7. The normalized spacial score (nSPS) is 20.9. The predicted octanol–water partition coefficient (Wildman–Crippen LogP) is 4.29. The largest absolute Gasteiger partial charge is 0.342 e. The van der Waals surface area contributed by atoms with E-state index in [1.165, 1.54) is 4.88 Å². The quantitative estimate of drug-likeness (QED) is 0.792. The van der Waals surface area contributed by atoms with Crippen LogP contribution in [0.25, 0.3) is 0 Å². The van der Waals surface area contributed by atoms with Gasteiger partial charge in [-0.05, 0) is 64.1 Å². The average molecular weight is 414 g/mol. The van der Waals surface area contributed by atoms with Crippen LogP contribution in [0.5, 0.6) is 0 Å². The molecule has 2 saturated heterocycles. The topological polar surface area (TPSA) is 61.4 Å². The van der Waals surface area contributed by atoms with Gasteiger partial charge in [0, 0.05) is 35.5 Å². The molecule has 0 aromatic carbocycles. The fourth-order valence-electron chi connectivity index (χ4n) is 4.36. The number of carbonyl (C=O) groups excluding carboxylic acids is 1. The number of thiazole rings is 1. The third kappa shape index (κ3) is 4.95. The first kappa shape index (κ1) is 20.3. The number of likely N-dealkylation sites (tertiary alicyclic amines) is 2. The summed E-state index contributed by atoms with van der Waals surface area (Å²) in [6.45, 7) is 9.64. The SMILES string of the molecule is Cc1cc(Nc2ncc(C)s2)cc([C@@H]2CCCN2CC(=O)N2CCC(C)CC2)n1. The van der Waals surface area contributed by atoms with Crippen molar-refractivity contribution in [3.8, 4) is 0 Å². The number of hydrogen-bond acceptors (Lipinski definition) is 6. The minimum Gasteiger partial charge on any atom is -0.342 e. The Bertz CT molecular complexity index is 859. The van der Waals surface area contributed by atoms with Crippen LogP contribution >= 0.6 is 11.3 Å². The van der Waals surface area contributed by atoms with Crippen LogP contribution in [0.1, 0.15) is 54.9 Å². The second kappa shape index (κ2) is 8.79. The Balaban J connectivity index is 1.45. The summed E-state index contributed by atoms with van der Waals surface area (Å²) >= 11 is 1.65. The summed E-state index contributed by atoms with van der Waals surface area (Å²) in [5.74, 6) is 1.01. The van der Waals surface area contributed by atoms with Crippen molar-refractivity contribution in [1.82, 2.24) is 19.8 Å². The Hall–Kier alpha value is -1.99. The van der Waals surface area contributed by atoms with E-state index in [1.807, 2.05) is 13.1 Å². The number of anilines is 2. The van der Waals surface area contributed by atoms with Crippen LogP contribution in [0.15, 0.2) is 18.3 Å². The molecule has 0 radical (unpaired) electrons. The predicted molar refractivity (Wildman–Crippen MR) is 118 cm³/mol. The molecular formula is C22H31N5OS. The van der Waals surface area contributed by atoms with Gasteiger partial charge in [-0.1, -0.05) is 6.92 Å². The molecule has 2 aromatic rings. The minimum absolute atomic E-state index is 0.209. The molecular weight excluding hydrogens is 382 g/mol. The van der Waals surface area contributed by atoms with Crippen molar-refractivity contribution in [3.05, 3.63) is 34.6 Å². The molecule has 0 aliphatic carbocycles. The number of rotatable bonds is 5. The van der Waals surface area contributed by atoms with Crippen molar-refractivity contribution in [2.45, 2.75) is 52.5 Å². The van der Waals surface area contributed by atoms with E-state index in [0.717, 1.165) is 73.4 Å². The van der Waals surface area contributed by atoms with E-state index in [4.69, 9.17) is 4.98 Å². The standard InChI is InChI=1S/C22H31N5OS/c1-15-6-9-26(10-7-15)21(28)14-27-8-4-5-20(27)19-12-18(11-16(2)24-19)25-22-23-13-17(3)29-22/h11-13,15,20H,4-10,14H2,1-3H3,(H,23,24,25)/t20-/m0/s1. The van der Waals surface area contributed by atoms with E-state index in [9.17, 15) is 4.79 Å². The molecule has 1 N–H and O–H groups in total. The van der Waals surface area contributed by atoms with Gasteiger partial charge in [-0.3, -0.25) is 14.7 Å². The number of nitrogens with one attached hydrogen (secondary N) is 1. The lowest BCUT2D eigenvalue weighted by atomic mass is 9.99. The number of amides is 1. The highest BCUT2D eigenvalue weighted by Crippen LogP contribution is 2.33. The van der Waals surface area contributed by atoms with Gasteiger partial charge in [0.1, 0.15) is 0 Å². The fourth-order valence-corrected chi connectivity index (χ4v) is 5.04. The highest BCUT2D eigenvalue weighted by Gasteiger charge is 2.31. The second-order valence-electron chi connectivity index (χ2n) is 8.51. The maximum atomic E-state index is 12.9. The molecule has 0 unspecified atom stereocenters. The molecule has 2 aliphatic rings. The van der Waals surface area contributed by atoms with Gasteiger partial charge in [-0.25, -0.2) is 4.98 Å². The molecule has 6 nitrogen and oxygen atoms in total. The molecule has 156 valence electrons. The molecule has 0 bridgehead atoms. The van der Waals surface area contributed by atoms with Crippen molar-refractivity contribution in [2.75, 3.05) is 31.5 Å². The van der Waals surface area contributed by atoms with Crippen molar-refractivity contribution >= 4 is 28.1 Å². The Labute approximate surface area is 177 Å². The summed E-state index contributed by atoms with van der Waals surface area (Å²) < 4.78 is 0. The lowest BCUT2D eigenvalue weighted by Crippen LogP contribution is -2.43. The van der Waals surface area contributed by atoms with Crippen molar-refractivity contribution in [2.24, 2.45) is 5.92 Å². The molecule has 4 rings (SSSR count). The first-order valence-corrected chi connectivity index (χ1v) is 11.5. The summed E-state index contributed by atoms with van der Waals surface area (Å²) in [4.78, 5) is 27.6. The van der Waals surface area contributed by atoms with Gasteiger partial charge in [0.15, 0.2) is 5.13 Å². The summed E-state index contributed by atoms with van der Waals surface area (Å²) in [7, 11) is 0. The van der Waals surface area contributed by atoms with Crippen LogP contribution in [0, 0.1) is 19.8 Å². The highest BCUT2D eigenvalue weighted by molar-refractivity contribution is 7.15. The number of pyridine rings is 1. The van der Waals surface area contributed by atoms with Crippen LogP contribution in [0.3, 0.4) is 0 Å². The van der Waals surface area contributed by atoms with E-state index in [-0.39, 0.29) is 11.9 Å². The van der Waals surface area contributed by atoms with Crippen molar-refractivity contribution in [3.63, 3.8) is 0 Å². The zero-order chi connectivity index (χ0) is 20.4. The van der Waals surface area contributed by atoms with Gasteiger partial charge < -0.3 is 10.2 Å². The van der Waals surface area contributed by atoms with Gasteiger partial charge in [-0.2, -0.15) is 0 Å². The molecule has 29 heavy (non-hydrogen) atoms. The number of aryl methyl sites for hydroxylation is 2. The van der Waals surface area contributed by atoms with Crippen molar-refractivity contribution < 1.29 is 4.79 Å². The number of aromatic nitrogens is 2. The lowest BCUT2D eigenvalue weighted by molar-refractivity contribution is -0.134. The van der Waals surface area contributed by atoms with E-state index in [2.05, 4.69) is 46.1 Å². The summed E-state index contributed by atoms with van der Waals surface area (Å²) in [5.41, 5.74) is 3.06. The maximum Gasteiger partial charge on any atom is 0.236 e.